The quantitative estimate of drug-likeness (QED) is 0.921. The molecule has 2 aromatic rings. The molecule has 1 aliphatic heterocycles. The largest absolute Gasteiger partial charge is 0.477 e. The van der Waals surface area contributed by atoms with Gasteiger partial charge in [0, 0.05) is 24.2 Å². The van der Waals surface area contributed by atoms with Crippen molar-refractivity contribution in [3.8, 4) is 0 Å². The maximum atomic E-state index is 11.0. The summed E-state index contributed by atoms with van der Waals surface area (Å²) < 4.78 is 5.33. The molecule has 0 bridgehead atoms. The Morgan fingerprint density at radius 2 is 2.05 bits per heavy atom. The van der Waals surface area contributed by atoms with Gasteiger partial charge >= 0.3 is 5.97 Å². The molecule has 1 N–H and O–H groups in total. The molecule has 0 spiro atoms. The molecule has 2 heterocycles. The fourth-order valence-corrected chi connectivity index (χ4v) is 2.56. The van der Waals surface area contributed by atoms with Crippen molar-refractivity contribution >= 4 is 34.2 Å². The molecule has 1 aromatic heterocycles. The van der Waals surface area contributed by atoms with Crippen molar-refractivity contribution in [3.63, 3.8) is 0 Å². The summed E-state index contributed by atoms with van der Waals surface area (Å²) in [5.74, 6) is -1.08. The number of pyridine rings is 1. The first-order chi connectivity index (χ1) is 9.65. The fourth-order valence-electron chi connectivity index (χ4n) is 2.30. The average molecular weight is 293 g/mol. The van der Waals surface area contributed by atoms with Crippen LogP contribution in [0.25, 0.3) is 10.9 Å². The van der Waals surface area contributed by atoms with Gasteiger partial charge in [-0.25, -0.2) is 9.78 Å². The van der Waals surface area contributed by atoms with Crippen molar-refractivity contribution in [2.45, 2.75) is 0 Å². The summed E-state index contributed by atoms with van der Waals surface area (Å²) in [5, 5.41) is 10.2. The van der Waals surface area contributed by atoms with Crippen LogP contribution < -0.4 is 4.90 Å². The van der Waals surface area contributed by atoms with Gasteiger partial charge in [-0.2, -0.15) is 0 Å². The monoisotopic (exact) mass is 292 g/mol. The highest BCUT2D eigenvalue weighted by atomic mass is 35.5. The molecule has 0 atom stereocenters. The van der Waals surface area contributed by atoms with E-state index < -0.39 is 5.97 Å². The number of morpholine rings is 1. The van der Waals surface area contributed by atoms with E-state index in [1.165, 1.54) is 6.07 Å². The van der Waals surface area contributed by atoms with E-state index in [-0.39, 0.29) is 5.69 Å². The molecule has 1 aliphatic rings. The summed E-state index contributed by atoms with van der Waals surface area (Å²) in [5.41, 5.74) is 1.60. The molecule has 1 fully saturated rings. The number of hydrogen-bond acceptors (Lipinski definition) is 4. The van der Waals surface area contributed by atoms with Crippen LogP contribution in [0.2, 0.25) is 5.02 Å². The number of ether oxygens (including phenoxy) is 1. The smallest absolute Gasteiger partial charge is 0.354 e. The molecule has 5 nitrogen and oxygen atoms in total. The van der Waals surface area contributed by atoms with Gasteiger partial charge in [0.1, 0.15) is 5.69 Å². The van der Waals surface area contributed by atoms with Gasteiger partial charge in [0.05, 0.1) is 23.8 Å². The molecule has 0 unspecified atom stereocenters. The van der Waals surface area contributed by atoms with Crippen LogP contribution in [0.1, 0.15) is 10.5 Å². The SMILES string of the molecule is O=C(O)c1cc(Cl)c2cc(N3CCOCC3)ccc2n1. The summed E-state index contributed by atoms with van der Waals surface area (Å²) in [6.07, 6.45) is 0. The fraction of sp³-hybridized carbons (Fsp3) is 0.286. The Morgan fingerprint density at radius 1 is 1.30 bits per heavy atom. The third-order valence-corrected chi connectivity index (χ3v) is 3.65. The average Bonchev–Trinajstić information content (AvgIpc) is 2.47. The Labute approximate surface area is 120 Å². The molecule has 3 rings (SSSR count). The van der Waals surface area contributed by atoms with E-state index >= 15 is 0 Å². The number of carboxylic acid groups (broad SMARTS) is 1. The highest BCUT2D eigenvalue weighted by Gasteiger charge is 2.14. The highest BCUT2D eigenvalue weighted by Crippen LogP contribution is 2.28. The first-order valence-corrected chi connectivity index (χ1v) is 6.69. The van der Waals surface area contributed by atoms with Crippen LogP contribution in [0, 0.1) is 0 Å². The predicted molar refractivity (Wildman–Crippen MR) is 76.7 cm³/mol. The predicted octanol–water partition coefficient (Wildman–Crippen LogP) is 2.42. The van der Waals surface area contributed by atoms with E-state index in [4.69, 9.17) is 21.4 Å². The van der Waals surface area contributed by atoms with Gasteiger partial charge in [0.2, 0.25) is 0 Å². The number of carbonyl (C=O) groups is 1. The molecule has 0 saturated carbocycles. The van der Waals surface area contributed by atoms with E-state index in [0.717, 1.165) is 24.2 Å². The van der Waals surface area contributed by atoms with Crippen molar-refractivity contribution in [1.82, 2.24) is 4.98 Å². The maximum Gasteiger partial charge on any atom is 0.354 e. The topological polar surface area (TPSA) is 62.7 Å². The van der Waals surface area contributed by atoms with Crippen molar-refractivity contribution in [1.29, 1.82) is 0 Å². The molecule has 104 valence electrons. The maximum absolute atomic E-state index is 11.0. The summed E-state index contributed by atoms with van der Waals surface area (Å²) in [6.45, 7) is 3.09. The van der Waals surface area contributed by atoms with Crippen molar-refractivity contribution in [3.05, 3.63) is 35.0 Å². The number of anilines is 1. The first kappa shape index (κ1) is 13.1. The van der Waals surface area contributed by atoms with Crippen LogP contribution >= 0.6 is 11.6 Å². The van der Waals surface area contributed by atoms with E-state index in [9.17, 15) is 4.79 Å². The minimum absolute atomic E-state index is 0.0402. The van der Waals surface area contributed by atoms with Crippen LogP contribution in [-0.2, 0) is 4.74 Å². The summed E-state index contributed by atoms with van der Waals surface area (Å²) in [4.78, 5) is 17.3. The minimum atomic E-state index is -1.08. The van der Waals surface area contributed by atoms with Crippen LogP contribution in [0.4, 0.5) is 5.69 Å². The van der Waals surface area contributed by atoms with Crippen LogP contribution in [0.15, 0.2) is 24.3 Å². The number of benzene rings is 1. The number of halogens is 1. The van der Waals surface area contributed by atoms with Crippen LogP contribution in [0.5, 0.6) is 0 Å². The molecule has 6 heteroatoms. The summed E-state index contributed by atoms with van der Waals surface area (Å²) >= 11 is 6.17. The van der Waals surface area contributed by atoms with E-state index in [2.05, 4.69) is 9.88 Å². The van der Waals surface area contributed by atoms with Gasteiger partial charge in [-0.1, -0.05) is 11.6 Å². The van der Waals surface area contributed by atoms with Gasteiger partial charge < -0.3 is 14.7 Å². The lowest BCUT2D eigenvalue weighted by Gasteiger charge is -2.29. The third-order valence-electron chi connectivity index (χ3n) is 3.34. The van der Waals surface area contributed by atoms with Crippen molar-refractivity contribution in [2.75, 3.05) is 31.2 Å². The van der Waals surface area contributed by atoms with Crippen LogP contribution in [0.3, 0.4) is 0 Å². The van der Waals surface area contributed by atoms with Gasteiger partial charge in [-0.05, 0) is 24.3 Å². The number of rotatable bonds is 2. The lowest BCUT2D eigenvalue weighted by Crippen LogP contribution is -2.36. The van der Waals surface area contributed by atoms with Gasteiger partial charge in [-0.15, -0.1) is 0 Å². The molecular formula is C14H13ClN2O3. The number of fused-ring (bicyclic) bond motifs is 1. The van der Waals surface area contributed by atoms with Gasteiger partial charge in [-0.3, -0.25) is 0 Å². The summed E-state index contributed by atoms with van der Waals surface area (Å²) in [7, 11) is 0. The second kappa shape index (κ2) is 5.26. The molecule has 1 aromatic carbocycles. The minimum Gasteiger partial charge on any atom is -0.477 e. The molecular weight excluding hydrogens is 280 g/mol. The Morgan fingerprint density at radius 3 is 2.75 bits per heavy atom. The zero-order valence-electron chi connectivity index (χ0n) is 10.7. The number of hydrogen-bond donors (Lipinski definition) is 1. The number of aromatic carboxylic acids is 1. The first-order valence-electron chi connectivity index (χ1n) is 6.31. The highest BCUT2D eigenvalue weighted by molar-refractivity contribution is 6.35. The lowest BCUT2D eigenvalue weighted by atomic mass is 10.1. The summed E-state index contributed by atoms with van der Waals surface area (Å²) in [6, 6.07) is 7.07. The molecule has 1 saturated heterocycles. The number of nitrogens with zero attached hydrogens (tertiary/aromatic N) is 2. The zero-order valence-corrected chi connectivity index (χ0v) is 11.4. The number of carboxylic acids is 1. The second-order valence-electron chi connectivity index (χ2n) is 4.60. The standard InChI is InChI=1S/C14H13ClN2O3/c15-11-8-13(14(18)19)16-12-2-1-9(7-10(11)12)17-3-5-20-6-4-17/h1-2,7-8H,3-6H2,(H,18,19). The third kappa shape index (κ3) is 2.42. The molecule has 20 heavy (non-hydrogen) atoms. The van der Waals surface area contributed by atoms with E-state index in [0.29, 0.717) is 23.8 Å². The Hall–Kier alpha value is -1.85. The normalized spacial score (nSPS) is 15.6. The second-order valence-corrected chi connectivity index (χ2v) is 5.00. The lowest BCUT2D eigenvalue weighted by molar-refractivity contribution is 0.0691. The van der Waals surface area contributed by atoms with Crippen molar-refractivity contribution in [2.24, 2.45) is 0 Å². The Kier molecular flexibility index (Phi) is 3.46. The molecule has 0 amide bonds. The van der Waals surface area contributed by atoms with Gasteiger partial charge in [0.15, 0.2) is 0 Å². The van der Waals surface area contributed by atoms with Crippen LogP contribution in [-0.4, -0.2) is 42.4 Å². The van der Waals surface area contributed by atoms with E-state index in [1.54, 1.807) is 6.07 Å². The Bertz CT molecular complexity index is 669. The van der Waals surface area contributed by atoms with Gasteiger partial charge in [0.25, 0.3) is 0 Å². The zero-order chi connectivity index (χ0) is 14.1. The molecule has 0 radical (unpaired) electrons. The molecule has 0 aliphatic carbocycles. The van der Waals surface area contributed by atoms with E-state index in [1.807, 2.05) is 12.1 Å². The number of aromatic nitrogens is 1. The Balaban J connectivity index is 2.04. The van der Waals surface area contributed by atoms with Crippen molar-refractivity contribution < 1.29 is 14.6 Å².